The van der Waals surface area contributed by atoms with Crippen molar-refractivity contribution in [1.29, 1.82) is 0 Å². The fourth-order valence-electron chi connectivity index (χ4n) is 2.53. The van der Waals surface area contributed by atoms with Crippen molar-refractivity contribution < 1.29 is 0 Å². The van der Waals surface area contributed by atoms with Crippen molar-refractivity contribution in [2.75, 3.05) is 25.1 Å². The number of nitrogens with zero attached hydrogens (tertiary/aromatic N) is 2. The largest absolute Gasteiger partial charge is 0.331 e. The van der Waals surface area contributed by atoms with E-state index in [1.54, 1.807) is 0 Å². The van der Waals surface area contributed by atoms with E-state index in [0.29, 0.717) is 12.0 Å². The normalized spacial score (nSPS) is 22.6. The number of rotatable bonds is 5. The summed E-state index contributed by atoms with van der Waals surface area (Å²) in [6, 6.07) is 0.571. The molecule has 2 heterocycles. The zero-order valence-electron chi connectivity index (χ0n) is 10.9. The first-order valence-electron chi connectivity index (χ1n) is 6.54. The Morgan fingerprint density at radius 2 is 2.53 bits per heavy atom. The van der Waals surface area contributed by atoms with Gasteiger partial charge >= 0.3 is 0 Å². The number of hydrogen-bond acceptors (Lipinski definition) is 3. The van der Waals surface area contributed by atoms with Gasteiger partial charge in [-0.15, -0.1) is 0 Å². The highest BCUT2D eigenvalue weighted by atomic mass is 32.2. The maximum Gasteiger partial charge on any atom is 0.0950 e. The van der Waals surface area contributed by atoms with Crippen LogP contribution in [0.15, 0.2) is 12.5 Å². The van der Waals surface area contributed by atoms with Crippen LogP contribution in [0, 0.1) is 0 Å². The third kappa shape index (κ3) is 3.26. The Morgan fingerprint density at radius 1 is 1.65 bits per heavy atom. The van der Waals surface area contributed by atoms with Gasteiger partial charge in [0.25, 0.3) is 0 Å². The predicted molar refractivity (Wildman–Crippen MR) is 74.8 cm³/mol. The average Bonchev–Trinajstić information content (AvgIpc) is 2.86. The Morgan fingerprint density at radius 3 is 3.24 bits per heavy atom. The topological polar surface area (TPSA) is 29.9 Å². The molecule has 0 aromatic carbocycles. The van der Waals surface area contributed by atoms with E-state index in [9.17, 15) is 0 Å². The third-order valence-electron chi connectivity index (χ3n) is 3.63. The van der Waals surface area contributed by atoms with Crippen molar-refractivity contribution in [2.24, 2.45) is 0 Å². The summed E-state index contributed by atoms with van der Waals surface area (Å²) >= 11 is 1.92. The van der Waals surface area contributed by atoms with E-state index in [2.05, 4.69) is 34.2 Å². The SMILES string of the molecule is CSCCC(C)n1cncc1C1CCCNC1. The maximum atomic E-state index is 4.35. The van der Waals surface area contributed by atoms with Gasteiger partial charge in [-0.2, -0.15) is 11.8 Å². The molecule has 3 nitrogen and oxygen atoms in total. The summed E-state index contributed by atoms with van der Waals surface area (Å²) in [5.41, 5.74) is 1.42. The van der Waals surface area contributed by atoms with Crippen molar-refractivity contribution >= 4 is 11.8 Å². The van der Waals surface area contributed by atoms with Crippen molar-refractivity contribution in [3.63, 3.8) is 0 Å². The van der Waals surface area contributed by atoms with Crippen LogP contribution in [-0.2, 0) is 0 Å². The number of aromatic nitrogens is 2. The fraction of sp³-hybridized carbons (Fsp3) is 0.769. The predicted octanol–water partition coefficient (Wildman–Crippen LogP) is 2.66. The molecule has 0 aliphatic carbocycles. The van der Waals surface area contributed by atoms with E-state index in [4.69, 9.17) is 0 Å². The van der Waals surface area contributed by atoms with Gasteiger partial charge in [-0.05, 0) is 44.7 Å². The lowest BCUT2D eigenvalue weighted by molar-refractivity contribution is 0.421. The Kier molecular flexibility index (Phi) is 4.92. The summed E-state index contributed by atoms with van der Waals surface area (Å²) in [6.45, 7) is 4.59. The molecule has 1 N–H and O–H groups in total. The lowest BCUT2D eigenvalue weighted by Gasteiger charge is -2.26. The number of hydrogen-bond donors (Lipinski definition) is 1. The monoisotopic (exact) mass is 253 g/mol. The van der Waals surface area contributed by atoms with Crippen LogP contribution in [-0.4, -0.2) is 34.6 Å². The highest BCUT2D eigenvalue weighted by Gasteiger charge is 2.20. The Labute approximate surface area is 108 Å². The highest BCUT2D eigenvalue weighted by Crippen LogP contribution is 2.26. The molecule has 2 atom stereocenters. The first-order valence-corrected chi connectivity index (χ1v) is 7.93. The molecule has 4 heteroatoms. The summed E-state index contributed by atoms with van der Waals surface area (Å²) < 4.78 is 2.38. The molecule has 2 unspecified atom stereocenters. The van der Waals surface area contributed by atoms with Crippen molar-refractivity contribution in [3.8, 4) is 0 Å². The van der Waals surface area contributed by atoms with Gasteiger partial charge in [-0.25, -0.2) is 4.98 Å². The summed E-state index contributed by atoms with van der Waals surface area (Å²) in [7, 11) is 0. The molecule has 0 bridgehead atoms. The van der Waals surface area contributed by atoms with E-state index in [1.807, 2.05) is 18.1 Å². The minimum absolute atomic E-state index is 0.571. The molecule has 0 spiro atoms. The van der Waals surface area contributed by atoms with Crippen LogP contribution in [0.1, 0.15) is 43.8 Å². The lowest BCUT2D eigenvalue weighted by Crippen LogP contribution is -2.29. The quantitative estimate of drug-likeness (QED) is 0.875. The molecule has 1 saturated heterocycles. The molecule has 0 amide bonds. The van der Waals surface area contributed by atoms with E-state index >= 15 is 0 Å². The van der Waals surface area contributed by atoms with Gasteiger partial charge in [0, 0.05) is 30.4 Å². The third-order valence-corrected chi connectivity index (χ3v) is 4.27. The minimum Gasteiger partial charge on any atom is -0.331 e. The lowest BCUT2D eigenvalue weighted by atomic mass is 9.96. The molecule has 1 aromatic rings. The second kappa shape index (κ2) is 6.45. The number of thioether (sulfide) groups is 1. The maximum absolute atomic E-state index is 4.35. The van der Waals surface area contributed by atoms with Gasteiger partial charge in [0.05, 0.1) is 6.33 Å². The van der Waals surface area contributed by atoms with Crippen LogP contribution in [0.4, 0.5) is 0 Å². The van der Waals surface area contributed by atoms with Crippen molar-refractivity contribution in [2.45, 2.75) is 38.1 Å². The first-order chi connectivity index (χ1) is 8.33. The summed E-state index contributed by atoms with van der Waals surface area (Å²) in [6.07, 6.45) is 10.1. The molecule has 96 valence electrons. The van der Waals surface area contributed by atoms with E-state index < -0.39 is 0 Å². The second-order valence-electron chi connectivity index (χ2n) is 4.90. The van der Waals surface area contributed by atoms with Crippen LogP contribution in [0.25, 0.3) is 0 Å². The average molecular weight is 253 g/mol. The molecule has 2 rings (SSSR count). The number of piperidine rings is 1. The number of imidazole rings is 1. The minimum atomic E-state index is 0.571. The summed E-state index contributed by atoms with van der Waals surface area (Å²) in [5, 5.41) is 3.49. The van der Waals surface area contributed by atoms with E-state index in [-0.39, 0.29) is 0 Å². The zero-order chi connectivity index (χ0) is 12.1. The van der Waals surface area contributed by atoms with Crippen LogP contribution in [0.3, 0.4) is 0 Å². The van der Waals surface area contributed by atoms with Crippen LogP contribution in [0.5, 0.6) is 0 Å². The molecule has 1 aliphatic heterocycles. The van der Waals surface area contributed by atoms with Crippen LogP contribution < -0.4 is 5.32 Å². The van der Waals surface area contributed by atoms with Gasteiger partial charge in [0.1, 0.15) is 0 Å². The highest BCUT2D eigenvalue weighted by molar-refractivity contribution is 7.98. The molecule has 1 fully saturated rings. The molecule has 1 aliphatic rings. The first kappa shape index (κ1) is 13.0. The molecule has 1 aromatic heterocycles. The smallest absolute Gasteiger partial charge is 0.0950 e. The van der Waals surface area contributed by atoms with Gasteiger partial charge < -0.3 is 9.88 Å². The molecule has 0 saturated carbocycles. The van der Waals surface area contributed by atoms with Crippen LogP contribution in [0.2, 0.25) is 0 Å². The van der Waals surface area contributed by atoms with Gasteiger partial charge in [-0.1, -0.05) is 0 Å². The second-order valence-corrected chi connectivity index (χ2v) is 5.89. The molecule has 17 heavy (non-hydrogen) atoms. The Hall–Kier alpha value is -0.480. The molecular formula is C13H23N3S. The van der Waals surface area contributed by atoms with E-state index in [0.717, 1.165) is 6.54 Å². The molecular weight excluding hydrogens is 230 g/mol. The van der Waals surface area contributed by atoms with Gasteiger partial charge in [-0.3, -0.25) is 0 Å². The van der Waals surface area contributed by atoms with Crippen LogP contribution >= 0.6 is 11.8 Å². The zero-order valence-corrected chi connectivity index (χ0v) is 11.7. The Bertz CT molecular complexity index is 331. The Balaban J connectivity index is 2.04. The van der Waals surface area contributed by atoms with E-state index in [1.165, 1.54) is 37.3 Å². The summed E-state index contributed by atoms with van der Waals surface area (Å²) in [4.78, 5) is 4.35. The fourth-order valence-corrected chi connectivity index (χ4v) is 3.11. The number of nitrogens with one attached hydrogen (secondary N) is 1. The van der Waals surface area contributed by atoms with Gasteiger partial charge in [0.15, 0.2) is 0 Å². The van der Waals surface area contributed by atoms with Crippen molar-refractivity contribution in [3.05, 3.63) is 18.2 Å². The van der Waals surface area contributed by atoms with Crippen molar-refractivity contribution in [1.82, 2.24) is 14.9 Å². The van der Waals surface area contributed by atoms with Gasteiger partial charge in [0.2, 0.25) is 0 Å². The summed E-state index contributed by atoms with van der Waals surface area (Å²) in [5.74, 6) is 1.88. The standard InChI is InChI=1S/C13H23N3S/c1-11(5-7-17-2)16-10-15-9-13(16)12-4-3-6-14-8-12/h9-12,14H,3-8H2,1-2H3. The molecule has 0 radical (unpaired) electrons.